The number of methoxy groups -OCH3 is 1. The van der Waals surface area contributed by atoms with E-state index in [4.69, 9.17) is 30.8 Å². The van der Waals surface area contributed by atoms with E-state index in [9.17, 15) is 35.1 Å². The van der Waals surface area contributed by atoms with Gasteiger partial charge in [0.1, 0.15) is 48.6 Å². The maximum Gasteiger partial charge on any atom is 0.272 e. The molecule has 2 aromatic heterocycles. The number of primary amides is 2. The van der Waals surface area contributed by atoms with E-state index in [2.05, 4.69) is 9.97 Å². The van der Waals surface area contributed by atoms with Crippen molar-refractivity contribution in [2.45, 2.75) is 69.9 Å². The molecule has 2 aliphatic rings. The Morgan fingerprint density at radius 2 is 1.36 bits per heavy atom. The summed E-state index contributed by atoms with van der Waals surface area (Å²) < 4.78 is 18.0. The van der Waals surface area contributed by atoms with Gasteiger partial charge in [-0.2, -0.15) is 0 Å². The molecular formula is C22H36N6O11. The van der Waals surface area contributed by atoms with Crippen molar-refractivity contribution in [1.82, 2.24) is 19.1 Å². The molecule has 0 spiro atoms. The number of hydrogen-bond acceptors (Lipinski definition) is 13. The van der Waals surface area contributed by atoms with Crippen molar-refractivity contribution < 1.29 is 54.4 Å². The highest BCUT2D eigenvalue weighted by atomic mass is 16.6. The lowest BCUT2D eigenvalue weighted by Gasteiger charge is -2.17. The van der Waals surface area contributed by atoms with Crippen LogP contribution in [-0.2, 0) is 14.2 Å². The van der Waals surface area contributed by atoms with E-state index in [0.29, 0.717) is 5.69 Å². The van der Waals surface area contributed by atoms with Crippen LogP contribution in [0.5, 0.6) is 5.88 Å². The second-order valence-corrected chi connectivity index (χ2v) is 8.37. The second kappa shape index (κ2) is 13.8. The monoisotopic (exact) mass is 560 g/mol. The molecule has 0 unspecified atom stereocenters. The van der Waals surface area contributed by atoms with Gasteiger partial charge in [0.25, 0.3) is 11.8 Å². The number of hydrogen-bond donors (Lipinski definition) is 8. The van der Waals surface area contributed by atoms with Crippen molar-refractivity contribution in [2.24, 2.45) is 11.5 Å². The number of nitrogens with two attached hydrogens (primary N) is 2. The van der Waals surface area contributed by atoms with Gasteiger partial charge in [-0.15, -0.1) is 0 Å². The van der Waals surface area contributed by atoms with Gasteiger partial charge in [-0.25, -0.2) is 9.97 Å². The van der Waals surface area contributed by atoms with Gasteiger partial charge in [-0.1, -0.05) is 13.8 Å². The Kier molecular flexibility index (Phi) is 11.3. The molecule has 2 saturated heterocycles. The summed E-state index contributed by atoms with van der Waals surface area (Å²) in [6, 6.07) is 0. The minimum atomic E-state index is -1.29. The van der Waals surface area contributed by atoms with Crippen LogP contribution in [0, 0.1) is 6.92 Å². The fraction of sp³-hybridized carbons (Fsp3) is 0.636. The number of amides is 2. The number of carbonyl (C=O) groups is 2. The Labute approximate surface area is 223 Å². The zero-order chi connectivity index (χ0) is 29.6. The van der Waals surface area contributed by atoms with Crippen LogP contribution in [0.3, 0.4) is 0 Å². The summed E-state index contributed by atoms with van der Waals surface area (Å²) in [5.74, 6) is -2.11. The van der Waals surface area contributed by atoms with Gasteiger partial charge in [0.05, 0.1) is 19.5 Å². The highest BCUT2D eigenvalue weighted by Crippen LogP contribution is 2.33. The third-order valence-corrected chi connectivity index (χ3v) is 6.01. The Bertz CT molecular complexity index is 1110. The molecule has 17 heteroatoms. The Morgan fingerprint density at radius 3 is 1.79 bits per heavy atom. The van der Waals surface area contributed by atoms with Crippen molar-refractivity contribution >= 4 is 11.8 Å². The zero-order valence-electron chi connectivity index (χ0n) is 21.9. The van der Waals surface area contributed by atoms with Gasteiger partial charge >= 0.3 is 0 Å². The summed E-state index contributed by atoms with van der Waals surface area (Å²) in [4.78, 5) is 29.5. The molecule has 4 rings (SSSR count). The molecule has 2 aliphatic heterocycles. The van der Waals surface area contributed by atoms with Crippen LogP contribution in [0.4, 0.5) is 0 Å². The van der Waals surface area contributed by atoms with E-state index in [1.165, 1.54) is 18.0 Å². The standard InChI is InChI=1S/C10H15N3O6.C10H15N3O5.C2H6/c1-18-2-4-6(14)7(15)10(19-4)13-3-12-5(8(11)16)9(13)17;1-4-6(9(11)17)12-3-13(4)10-8(16)7(15)5(2-14)18-10;1-2/h3-4,6-7,10,14-15,17H,2H2,1H3,(H2,11,16);3,5,7-8,10,14-16H,2H2,1H3,(H2,11,17);1-2H3/t4-,6-,7-,10-;5-,7-,8-,10-;/m11./s1. The molecule has 2 amide bonds. The lowest BCUT2D eigenvalue weighted by Crippen LogP contribution is -2.33. The van der Waals surface area contributed by atoms with E-state index in [1.54, 1.807) is 6.92 Å². The molecule has 0 aliphatic carbocycles. The van der Waals surface area contributed by atoms with Gasteiger partial charge in [-0.3, -0.25) is 14.2 Å². The first kappa shape index (κ1) is 32.1. The summed E-state index contributed by atoms with van der Waals surface area (Å²) in [5, 5.41) is 57.9. The van der Waals surface area contributed by atoms with E-state index in [-0.39, 0.29) is 18.0 Å². The lowest BCUT2D eigenvalue weighted by atomic mass is 10.1. The third-order valence-electron chi connectivity index (χ3n) is 6.01. The molecule has 0 aromatic carbocycles. The van der Waals surface area contributed by atoms with E-state index in [1.807, 2.05) is 13.8 Å². The number of imidazole rings is 2. The number of ether oxygens (including phenoxy) is 3. The van der Waals surface area contributed by atoms with Crippen LogP contribution in [0.25, 0.3) is 0 Å². The fourth-order valence-electron chi connectivity index (χ4n) is 4.01. The number of rotatable bonds is 7. The Hall–Kier alpha value is -3.16. The molecule has 0 radical (unpaired) electrons. The molecule has 10 N–H and O–H groups in total. The minimum absolute atomic E-state index is 0.0763. The van der Waals surface area contributed by atoms with Crippen LogP contribution in [0.2, 0.25) is 0 Å². The molecule has 0 bridgehead atoms. The number of carbonyl (C=O) groups excluding carboxylic acids is 2. The molecule has 0 saturated carbocycles. The summed E-state index contributed by atoms with van der Waals surface area (Å²) in [6.45, 7) is 5.26. The van der Waals surface area contributed by atoms with Crippen molar-refractivity contribution in [3.8, 4) is 5.88 Å². The summed E-state index contributed by atoms with van der Waals surface area (Å²) in [5.41, 5.74) is 10.3. The topological polar surface area (TPSA) is 271 Å². The minimum Gasteiger partial charge on any atom is -0.493 e. The van der Waals surface area contributed by atoms with E-state index >= 15 is 0 Å². The maximum absolute atomic E-state index is 11.1. The highest BCUT2D eigenvalue weighted by Gasteiger charge is 2.45. The molecule has 8 atom stereocenters. The normalized spacial score (nSPS) is 29.8. The molecular weight excluding hydrogens is 524 g/mol. The van der Waals surface area contributed by atoms with Gasteiger partial charge < -0.3 is 60.9 Å². The second-order valence-electron chi connectivity index (χ2n) is 8.37. The molecule has 2 aromatic rings. The first-order valence-corrected chi connectivity index (χ1v) is 12.0. The molecule has 2 fully saturated rings. The number of aromatic nitrogens is 4. The SMILES string of the molecule is CC.COC[C@H]1O[C@@H](n2cnc(C(N)=O)c2O)[C@H](O)[C@@H]1O.Cc1c(C(N)=O)ncn1[C@@H]1O[C@H](CO)[C@@H](O)[C@H]1O. The van der Waals surface area contributed by atoms with Crippen LogP contribution in [-0.4, -0.2) is 119 Å². The Morgan fingerprint density at radius 1 is 0.897 bits per heavy atom. The Balaban J connectivity index is 0.000000258. The average Bonchev–Trinajstić information content (AvgIpc) is 3.63. The van der Waals surface area contributed by atoms with Crippen LogP contribution in [0.15, 0.2) is 12.7 Å². The third kappa shape index (κ3) is 6.53. The first-order chi connectivity index (χ1) is 18.4. The summed E-state index contributed by atoms with van der Waals surface area (Å²) >= 11 is 0. The zero-order valence-corrected chi connectivity index (χ0v) is 21.9. The predicted molar refractivity (Wildman–Crippen MR) is 130 cm³/mol. The highest BCUT2D eigenvalue weighted by molar-refractivity contribution is 5.93. The molecule has 39 heavy (non-hydrogen) atoms. The van der Waals surface area contributed by atoms with E-state index < -0.39 is 73.4 Å². The van der Waals surface area contributed by atoms with Crippen LogP contribution >= 0.6 is 0 Å². The van der Waals surface area contributed by atoms with Crippen LogP contribution in [0.1, 0.15) is 53.0 Å². The fourth-order valence-corrected chi connectivity index (χ4v) is 4.01. The smallest absolute Gasteiger partial charge is 0.272 e. The summed E-state index contributed by atoms with van der Waals surface area (Å²) in [7, 11) is 1.43. The van der Waals surface area contributed by atoms with E-state index in [0.717, 1.165) is 10.9 Å². The predicted octanol–water partition coefficient (Wildman–Crippen LogP) is -3.12. The van der Waals surface area contributed by atoms with Crippen molar-refractivity contribution in [1.29, 1.82) is 0 Å². The number of aliphatic hydroxyl groups is 5. The van der Waals surface area contributed by atoms with Gasteiger partial charge in [0.2, 0.25) is 5.88 Å². The number of aromatic hydroxyl groups is 1. The van der Waals surface area contributed by atoms with Crippen LogP contribution < -0.4 is 11.5 Å². The van der Waals surface area contributed by atoms with Gasteiger partial charge in [-0.05, 0) is 6.92 Å². The number of nitrogens with zero attached hydrogens (tertiary/aromatic N) is 4. The average molecular weight is 561 g/mol. The lowest BCUT2D eigenvalue weighted by molar-refractivity contribution is -0.0617. The molecule has 220 valence electrons. The quantitative estimate of drug-likeness (QED) is 0.167. The van der Waals surface area contributed by atoms with Crippen molar-refractivity contribution in [3.05, 3.63) is 29.7 Å². The molecule has 4 heterocycles. The number of aliphatic hydroxyl groups excluding tert-OH is 5. The molecule has 17 nitrogen and oxygen atoms in total. The largest absolute Gasteiger partial charge is 0.493 e. The van der Waals surface area contributed by atoms with Gasteiger partial charge in [0, 0.05) is 12.8 Å². The maximum atomic E-state index is 11.1. The van der Waals surface area contributed by atoms with Crippen molar-refractivity contribution in [3.63, 3.8) is 0 Å². The summed E-state index contributed by atoms with van der Waals surface area (Å²) in [6.07, 6.45) is -6.07. The van der Waals surface area contributed by atoms with Gasteiger partial charge in [0.15, 0.2) is 18.1 Å². The van der Waals surface area contributed by atoms with Crippen molar-refractivity contribution in [2.75, 3.05) is 20.3 Å². The first-order valence-electron chi connectivity index (χ1n) is 12.0.